The molecule has 0 aromatic rings. The van der Waals surface area contributed by atoms with Crippen molar-refractivity contribution < 1.29 is 9.59 Å². The Bertz CT molecular complexity index is 655. The van der Waals surface area contributed by atoms with E-state index in [1.54, 1.807) is 0 Å². The lowest BCUT2D eigenvalue weighted by Crippen LogP contribution is -2.59. The smallest absolute Gasteiger partial charge is 0.228 e. The van der Waals surface area contributed by atoms with Crippen LogP contribution in [0.5, 0.6) is 0 Å². The lowest BCUT2D eigenvalue weighted by molar-refractivity contribution is -0.161. The third-order valence-corrected chi connectivity index (χ3v) is 8.97. The minimum atomic E-state index is -0.0314. The largest absolute Gasteiger partial charge is 0.339 e. The lowest BCUT2D eigenvalue weighted by atomic mass is 9.49. The number of carbonyl (C=O) groups is 2. The molecule has 6 aliphatic carbocycles. The molecule has 1 saturated heterocycles. The van der Waals surface area contributed by atoms with Crippen molar-refractivity contribution in [1.82, 2.24) is 9.80 Å². The molecular formula is C23H32N2O2. The Hall–Kier alpha value is -1.32. The molecule has 27 heavy (non-hydrogen) atoms. The summed E-state index contributed by atoms with van der Waals surface area (Å²) < 4.78 is 0. The van der Waals surface area contributed by atoms with Gasteiger partial charge in [0, 0.05) is 32.1 Å². The Morgan fingerprint density at radius 1 is 0.741 bits per heavy atom. The van der Waals surface area contributed by atoms with E-state index in [0.29, 0.717) is 23.7 Å². The Morgan fingerprint density at radius 2 is 1.33 bits per heavy atom. The average Bonchev–Trinajstić information content (AvgIpc) is 3.29. The van der Waals surface area contributed by atoms with Crippen molar-refractivity contribution >= 4 is 11.8 Å². The molecule has 0 spiro atoms. The highest BCUT2D eigenvalue weighted by Gasteiger charge is 2.55. The highest BCUT2D eigenvalue weighted by atomic mass is 16.2. The van der Waals surface area contributed by atoms with Crippen molar-refractivity contribution in [3.8, 4) is 0 Å². The fourth-order valence-corrected chi connectivity index (χ4v) is 8.14. The molecule has 0 N–H and O–H groups in total. The number of hydrogen-bond acceptors (Lipinski definition) is 2. The van der Waals surface area contributed by atoms with Gasteiger partial charge in [-0.25, -0.2) is 0 Å². The number of rotatable bonds is 2. The molecule has 2 amide bonds. The van der Waals surface area contributed by atoms with E-state index in [1.165, 1.54) is 25.7 Å². The van der Waals surface area contributed by atoms with E-state index in [4.69, 9.17) is 0 Å². The summed E-state index contributed by atoms with van der Waals surface area (Å²) >= 11 is 0. The van der Waals surface area contributed by atoms with Gasteiger partial charge < -0.3 is 9.80 Å². The predicted octanol–water partition coefficient (Wildman–Crippen LogP) is 3.09. The zero-order chi connectivity index (χ0) is 18.2. The highest BCUT2D eigenvalue weighted by Crippen LogP contribution is 2.60. The summed E-state index contributed by atoms with van der Waals surface area (Å²) in [6.07, 6.45) is 14.4. The van der Waals surface area contributed by atoms with E-state index in [9.17, 15) is 9.59 Å². The van der Waals surface area contributed by atoms with Gasteiger partial charge in [-0.05, 0) is 81.0 Å². The quantitative estimate of drug-likeness (QED) is 0.703. The number of amides is 2. The van der Waals surface area contributed by atoms with E-state index >= 15 is 0 Å². The first-order chi connectivity index (χ1) is 13.1. The Kier molecular flexibility index (Phi) is 3.59. The molecule has 3 atom stereocenters. The van der Waals surface area contributed by atoms with Crippen LogP contribution >= 0.6 is 0 Å². The first kappa shape index (κ1) is 16.6. The molecule has 7 aliphatic rings. The second-order valence-corrected chi connectivity index (χ2v) is 10.7. The molecule has 0 aromatic carbocycles. The minimum Gasteiger partial charge on any atom is -0.339 e. The van der Waals surface area contributed by atoms with Crippen LogP contribution in [0.2, 0.25) is 0 Å². The summed E-state index contributed by atoms with van der Waals surface area (Å²) in [4.78, 5) is 30.7. The number of carbonyl (C=O) groups excluding carboxylic acids is 2. The maximum Gasteiger partial charge on any atom is 0.228 e. The Labute approximate surface area is 162 Å². The second-order valence-electron chi connectivity index (χ2n) is 10.7. The first-order valence-corrected chi connectivity index (χ1v) is 11.4. The molecule has 5 saturated carbocycles. The number of allylic oxidation sites excluding steroid dienone is 2. The minimum absolute atomic E-state index is 0.0314. The fraction of sp³-hybridized carbons (Fsp3) is 0.826. The summed E-state index contributed by atoms with van der Waals surface area (Å²) in [5.74, 6) is 4.57. The maximum atomic E-state index is 13.5. The van der Waals surface area contributed by atoms with Gasteiger partial charge in [0.1, 0.15) is 0 Å². The zero-order valence-electron chi connectivity index (χ0n) is 16.3. The number of fused-ring (bicyclic) bond motifs is 2. The zero-order valence-corrected chi connectivity index (χ0v) is 16.3. The molecule has 4 nitrogen and oxygen atoms in total. The molecule has 7 rings (SSSR count). The van der Waals surface area contributed by atoms with Crippen LogP contribution in [0.15, 0.2) is 12.2 Å². The lowest BCUT2D eigenvalue weighted by Gasteiger charge is -2.57. The monoisotopic (exact) mass is 368 g/mol. The van der Waals surface area contributed by atoms with Crippen molar-refractivity contribution in [2.75, 3.05) is 26.2 Å². The van der Waals surface area contributed by atoms with E-state index in [1.807, 2.05) is 0 Å². The van der Waals surface area contributed by atoms with Gasteiger partial charge in [0.15, 0.2) is 0 Å². The summed E-state index contributed by atoms with van der Waals surface area (Å²) in [7, 11) is 0. The van der Waals surface area contributed by atoms with E-state index in [2.05, 4.69) is 22.0 Å². The molecule has 0 aromatic heterocycles. The van der Waals surface area contributed by atoms with Crippen molar-refractivity contribution in [1.29, 1.82) is 0 Å². The van der Waals surface area contributed by atoms with Gasteiger partial charge in [-0.15, -0.1) is 0 Å². The Morgan fingerprint density at radius 3 is 1.85 bits per heavy atom. The van der Waals surface area contributed by atoms with Gasteiger partial charge in [0.05, 0.1) is 5.41 Å². The highest BCUT2D eigenvalue weighted by molar-refractivity contribution is 5.84. The molecule has 1 heterocycles. The van der Waals surface area contributed by atoms with Crippen LogP contribution < -0.4 is 0 Å². The van der Waals surface area contributed by atoms with Crippen molar-refractivity contribution in [2.45, 2.75) is 51.4 Å². The predicted molar refractivity (Wildman–Crippen MR) is 103 cm³/mol. The summed E-state index contributed by atoms with van der Waals surface area (Å²) in [6.45, 7) is 3.00. The van der Waals surface area contributed by atoms with Gasteiger partial charge in [0.25, 0.3) is 0 Å². The van der Waals surface area contributed by atoms with E-state index < -0.39 is 0 Å². The molecular weight excluding hydrogens is 336 g/mol. The third kappa shape index (κ3) is 2.54. The maximum absolute atomic E-state index is 13.5. The van der Waals surface area contributed by atoms with Crippen LogP contribution in [0.1, 0.15) is 51.4 Å². The average molecular weight is 369 g/mol. The van der Waals surface area contributed by atoms with Gasteiger partial charge in [-0.2, -0.15) is 0 Å². The van der Waals surface area contributed by atoms with Crippen LogP contribution in [-0.4, -0.2) is 47.8 Å². The summed E-state index contributed by atoms with van der Waals surface area (Å²) in [6, 6.07) is 0. The summed E-state index contributed by atoms with van der Waals surface area (Å²) in [5, 5.41) is 0. The normalized spacial score (nSPS) is 47.1. The number of nitrogens with zero attached hydrogens (tertiary/aromatic N) is 2. The molecule has 146 valence electrons. The van der Waals surface area contributed by atoms with Crippen LogP contribution in [0.25, 0.3) is 0 Å². The standard InChI is InChI=1S/C23H32N2O2/c26-21(20-11-15-1-2-19(20)10-15)24-3-5-25(6-4-24)22(27)23-12-16-7-17(13-23)9-18(8-16)14-23/h1-2,15-20H,3-14H2/t15-,16?,17?,18?,19-,20+,23?/m0/s1. The van der Waals surface area contributed by atoms with Gasteiger partial charge in [0.2, 0.25) is 11.8 Å². The summed E-state index contributed by atoms with van der Waals surface area (Å²) in [5.41, 5.74) is -0.0314. The molecule has 4 heteroatoms. The van der Waals surface area contributed by atoms with E-state index in [0.717, 1.165) is 69.6 Å². The molecule has 0 radical (unpaired) electrons. The Balaban J connectivity index is 1.10. The van der Waals surface area contributed by atoms with Crippen LogP contribution in [0.3, 0.4) is 0 Å². The molecule has 0 unspecified atom stereocenters. The molecule has 1 aliphatic heterocycles. The van der Waals surface area contributed by atoms with Crippen molar-refractivity contribution in [3.63, 3.8) is 0 Å². The van der Waals surface area contributed by atoms with Crippen molar-refractivity contribution in [2.24, 2.45) is 40.9 Å². The van der Waals surface area contributed by atoms with Crippen molar-refractivity contribution in [3.05, 3.63) is 12.2 Å². The second kappa shape index (κ2) is 5.84. The molecule has 6 fully saturated rings. The number of piperazine rings is 1. The molecule has 6 bridgehead atoms. The van der Waals surface area contributed by atoms with E-state index in [-0.39, 0.29) is 11.3 Å². The fourth-order valence-electron chi connectivity index (χ4n) is 8.14. The van der Waals surface area contributed by atoms with Gasteiger partial charge >= 0.3 is 0 Å². The van der Waals surface area contributed by atoms with Gasteiger partial charge in [-0.3, -0.25) is 9.59 Å². The van der Waals surface area contributed by atoms with Crippen LogP contribution in [-0.2, 0) is 9.59 Å². The van der Waals surface area contributed by atoms with Crippen LogP contribution in [0, 0.1) is 40.9 Å². The topological polar surface area (TPSA) is 40.6 Å². The first-order valence-electron chi connectivity index (χ1n) is 11.4. The SMILES string of the molecule is O=C([C@@H]1C[C@H]2C=C[C@H]1C2)N1CCN(C(=O)C23CC4CC(CC(C4)C2)C3)CC1. The van der Waals surface area contributed by atoms with Crippen LogP contribution in [0.4, 0.5) is 0 Å². The third-order valence-electron chi connectivity index (χ3n) is 8.97. The number of hydrogen-bond donors (Lipinski definition) is 0. The van der Waals surface area contributed by atoms with Gasteiger partial charge in [-0.1, -0.05) is 12.2 Å².